The highest BCUT2D eigenvalue weighted by Gasteiger charge is 2.44. The van der Waals surface area contributed by atoms with Gasteiger partial charge in [-0.25, -0.2) is 0 Å². The molecular formula is C14H12Cl2OS. The standard InChI is InChI=1S/C14H12Cl2OS/c15-12-7-11(14(16)18-12)13(17)10-6-9(10)8-4-2-1-3-5-8/h1-5,7,9-10,13,17H,6H2. The molecule has 3 atom stereocenters. The molecule has 1 saturated carbocycles. The van der Waals surface area contributed by atoms with Gasteiger partial charge in [0.2, 0.25) is 0 Å². The van der Waals surface area contributed by atoms with E-state index in [-0.39, 0.29) is 5.92 Å². The van der Waals surface area contributed by atoms with Crippen molar-refractivity contribution in [3.05, 3.63) is 56.2 Å². The summed E-state index contributed by atoms with van der Waals surface area (Å²) in [6, 6.07) is 12.1. The van der Waals surface area contributed by atoms with Gasteiger partial charge >= 0.3 is 0 Å². The van der Waals surface area contributed by atoms with Crippen LogP contribution < -0.4 is 0 Å². The molecule has 0 spiro atoms. The van der Waals surface area contributed by atoms with Crippen molar-refractivity contribution in [3.63, 3.8) is 0 Å². The molecule has 18 heavy (non-hydrogen) atoms. The van der Waals surface area contributed by atoms with Gasteiger partial charge in [0.05, 0.1) is 10.4 Å². The van der Waals surface area contributed by atoms with Crippen LogP contribution in [0.15, 0.2) is 36.4 Å². The first kappa shape index (κ1) is 12.5. The van der Waals surface area contributed by atoms with Gasteiger partial charge in [-0.05, 0) is 29.9 Å². The molecule has 0 saturated heterocycles. The Morgan fingerprint density at radius 2 is 1.94 bits per heavy atom. The SMILES string of the molecule is OC(c1cc(Cl)sc1Cl)C1CC1c1ccccc1. The van der Waals surface area contributed by atoms with Crippen molar-refractivity contribution in [1.29, 1.82) is 0 Å². The van der Waals surface area contributed by atoms with E-state index in [1.165, 1.54) is 16.9 Å². The third-order valence-corrected chi connectivity index (χ3v) is 4.99. The first-order chi connectivity index (χ1) is 8.66. The van der Waals surface area contributed by atoms with Crippen LogP contribution in [0.4, 0.5) is 0 Å². The van der Waals surface area contributed by atoms with Gasteiger partial charge in [-0.1, -0.05) is 53.5 Å². The average Bonchev–Trinajstić information content (AvgIpc) is 3.10. The highest BCUT2D eigenvalue weighted by Crippen LogP contribution is 2.55. The summed E-state index contributed by atoms with van der Waals surface area (Å²) in [5.41, 5.74) is 2.06. The van der Waals surface area contributed by atoms with Gasteiger partial charge in [0, 0.05) is 5.56 Å². The minimum Gasteiger partial charge on any atom is -0.388 e. The van der Waals surface area contributed by atoms with Crippen LogP contribution >= 0.6 is 34.5 Å². The summed E-state index contributed by atoms with van der Waals surface area (Å²) in [5, 5.41) is 10.3. The zero-order valence-electron chi connectivity index (χ0n) is 9.51. The van der Waals surface area contributed by atoms with E-state index in [0.29, 0.717) is 14.6 Å². The molecule has 94 valence electrons. The Bertz CT molecular complexity index is 552. The van der Waals surface area contributed by atoms with Crippen LogP contribution in [0.3, 0.4) is 0 Å². The van der Waals surface area contributed by atoms with E-state index < -0.39 is 6.10 Å². The van der Waals surface area contributed by atoms with E-state index >= 15 is 0 Å². The van der Waals surface area contributed by atoms with Gasteiger partial charge in [-0.15, -0.1) is 11.3 Å². The van der Waals surface area contributed by atoms with Gasteiger partial charge < -0.3 is 5.11 Å². The Labute approximate surface area is 120 Å². The first-order valence-corrected chi connectivity index (χ1v) is 7.42. The molecule has 1 aliphatic rings. The maximum absolute atomic E-state index is 10.3. The molecule has 1 nitrogen and oxygen atoms in total. The Hall–Kier alpha value is -0.540. The van der Waals surface area contributed by atoms with Crippen LogP contribution in [0, 0.1) is 5.92 Å². The van der Waals surface area contributed by atoms with E-state index in [4.69, 9.17) is 23.2 Å². The molecule has 1 aromatic heterocycles. The quantitative estimate of drug-likeness (QED) is 0.855. The zero-order chi connectivity index (χ0) is 12.7. The predicted molar refractivity (Wildman–Crippen MR) is 76.6 cm³/mol. The van der Waals surface area contributed by atoms with Crippen molar-refractivity contribution in [2.75, 3.05) is 0 Å². The first-order valence-electron chi connectivity index (χ1n) is 5.84. The second kappa shape index (κ2) is 4.86. The molecule has 1 fully saturated rings. The van der Waals surface area contributed by atoms with Gasteiger partial charge in [0.15, 0.2) is 0 Å². The molecule has 0 radical (unpaired) electrons. The summed E-state index contributed by atoms with van der Waals surface area (Å²) in [4.78, 5) is 0. The Balaban J connectivity index is 1.77. The topological polar surface area (TPSA) is 20.2 Å². The van der Waals surface area contributed by atoms with E-state index in [0.717, 1.165) is 12.0 Å². The number of rotatable bonds is 3. The maximum atomic E-state index is 10.3. The molecule has 0 bridgehead atoms. The molecular weight excluding hydrogens is 287 g/mol. The summed E-state index contributed by atoms with van der Waals surface area (Å²) in [6.07, 6.45) is 0.501. The summed E-state index contributed by atoms with van der Waals surface area (Å²) in [7, 11) is 0. The number of benzene rings is 1. The van der Waals surface area contributed by atoms with E-state index in [2.05, 4.69) is 12.1 Å². The zero-order valence-corrected chi connectivity index (χ0v) is 11.8. The van der Waals surface area contributed by atoms with Crippen LogP contribution in [-0.4, -0.2) is 5.11 Å². The van der Waals surface area contributed by atoms with E-state index in [1.54, 1.807) is 6.07 Å². The van der Waals surface area contributed by atoms with Crippen molar-refractivity contribution in [3.8, 4) is 0 Å². The summed E-state index contributed by atoms with van der Waals surface area (Å²) in [6.45, 7) is 0. The van der Waals surface area contributed by atoms with Crippen molar-refractivity contribution in [2.45, 2.75) is 18.4 Å². The lowest BCUT2D eigenvalue weighted by molar-refractivity contribution is 0.152. The third-order valence-electron chi connectivity index (χ3n) is 3.47. The Kier molecular flexibility index (Phi) is 3.37. The number of aliphatic hydroxyl groups excluding tert-OH is 1. The second-order valence-electron chi connectivity index (χ2n) is 4.64. The minimum atomic E-state index is -0.508. The monoisotopic (exact) mass is 298 g/mol. The van der Waals surface area contributed by atoms with Gasteiger partial charge in [0.25, 0.3) is 0 Å². The molecule has 3 rings (SSSR count). The second-order valence-corrected chi connectivity index (χ2v) is 6.93. The normalized spacial score (nSPS) is 23.9. The van der Waals surface area contributed by atoms with Gasteiger partial charge in [0.1, 0.15) is 4.34 Å². The van der Waals surface area contributed by atoms with Crippen molar-refractivity contribution >= 4 is 34.5 Å². The summed E-state index contributed by atoms with van der Waals surface area (Å²) in [5.74, 6) is 0.700. The molecule has 4 heteroatoms. The van der Waals surface area contributed by atoms with Crippen LogP contribution in [0.5, 0.6) is 0 Å². The number of thiophene rings is 1. The van der Waals surface area contributed by atoms with Crippen molar-refractivity contribution in [1.82, 2.24) is 0 Å². The van der Waals surface area contributed by atoms with Crippen molar-refractivity contribution < 1.29 is 5.11 Å². The van der Waals surface area contributed by atoms with Crippen LogP contribution in [0.2, 0.25) is 8.67 Å². The lowest BCUT2D eigenvalue weighted by Gasteiger charge is -2.09. The van der Waals surface area contributed by atoms with Crippen LogP contribution in [0.25, 0.3) is 0 Å². The maximum Gasteiger partial charge on any atom is 0.100 e. The largest absolute Gasteiger partial charge is 0.388 e. The fourth-order valence-corrected chi connectivity index (χ4v) is 3.97. The predicted octanol–water partition coefficient (Wildman–Crippen LogP) is 4.89. The molecule has 1 aliphatic carbocycles. The summed E-state index contributed by atoms with van der Waals surface area (Å²) < 4.78 is 1.23. The smallest absolute Gasteiger partial charge is 0.100 e. The summed E-state index contributed by atoms with van der Waals surface area (Å²) >= 11 is 13.3. The Morgan fingerprint density at radius 3 is 2.56 bits per heavy atom. The number of aliphatic hydroxyl groups is 1. The van der Waals surface area contributed by atoms with Crippen LogP contribution in [0.1, 0.15) is 29.6 Å². The molecule has 1 heterocycles. The molecule has 0 aliphatic heterocycles. The molecule has 1 aromatic carbocycles. The fourth-order valence-electron chi connectivity index (χ4n) is 2.43. The molecule has 0 amide bonds. The minimum absolute atomic E-state index is 0.260. The number of hydrogen-bond acceptors (Lipinski definition) is 2. The van der Waals surface area contributed by atoms with Crippen LogP contribution in [-0.2, 0) is 0 Å². The van der Waals surface area contributed by atoms with Crippen molar-refractivity contribution in [2.24, 2.45) is 5.92 Å². The van der Waals surface area contributed by atoms with Gasteiger partial charge in [-0.2, -0.15) is 0 Å². The van der Waals surface area contributed by atoms with E-state index in [1.807, 2.05) is 18.2 Å². The van der Waals surface area contributed by atoms with E-state index in [9.17, 15) is 5.11 Å². The van der Waals surface area contributed by atoms with Gasteiger partial charge in [-0.3, -0.25) is 0 Å². The molecule has 2 aromatic rings. The lowest BCUT2D eigenvalue weighted by Crippen LogP contribution is -2.00. The third kappa shape index (κ3) is 2.30. The molecule has 1 N–H and O–H groups in total. The highest BCUT2D eigenvalue weighted by molar-refractivity contribution is 7.20. The Morgan fingerprint density at radius 1 is 1.22 bits per heavy atom. The molecule has 3 unspecified atom stereocenters. The fraction of sp³-hybridized carbons (Fsp3) is 0.286. The number of halogens is 2. The highest BCUT2D eigenvalue weighted by atomic mass is 35.5. The lowest BCUT2D eigenvalue weighted by atomic mass is 10.0. The number of hydrogen-bond donors (Lipinski definition) is 1. The average molecular weight is 299 g/mol.